The van der Waals surface area contributed by atoms with E-state index in [1.54, 1.807) is 26.0 Å². The summed E-state index contributed by atoms with van der Waals surface area (Å²) in [6.07, 6.45) is 1.74. The fraction of sp³-hybridized carbons (Fsp3) is 0.350. The van der Waals surface area contributed by atoms with Gasteiger partial charge < -0.3 is 10.1 Å². The standard InChI is InChI=1S/C20H23N3O5S/c1-3-28-20(25)17-10-11-18(21-14(17)2)19(24)22-15-6-8-16(9-7-15)29(26,27)23-12-4-5-13-23/h6-11H,3-5,12-13H2,1-2H3,(H,22,24). The number of nitrogens with one attached hydrogen (secondary N) is 1. The molecular formula is C20H23N3O5S. The zero-order chi connectivity index (χ0) is 21.0. The Balaban J connectivity index is 1.71. The van der Waals surface area contributed by atoms with Crippen LogP contribution in [-0.2, 0) is 14.8 Å². The van der Waals surface area contributed by atoms with Crippen LogP contribution in [0.15, 0.2) is 41.3 Å². The highest BCUT2D eigenvalue weighted by atomic mass is 32.2. The molecule has 0 saturated carbocycles. The summed E-state index contributed by atoms with van der Waals surface area (Å²) in [5.41, 5.74) is 1.29. The van der Waals surface area contributed by atoms with Crippen molar-refractivity contribution in [2.45, 2.75) is 31.6 Å². The predicted octanol–water partition coefficient (Wildman–Crippen LogP) is 2.60. The number of hydrogen-bond acceptors (Lipinski definition) is 6. The third kappa shape index (κ3) is 4.63. The summed E-state index contributed by atoms with van der Waals surface area (Å²) in [5.74, 6) is -0.946. The Kier molecular flexibility index (Phi) is 6.29. The molecule has 1 aliphatic heterocycles. The topological polar surface area (TPSA) is 106 Å². The zero-order valence-electron chi connectivity index (χ0n) is 16.3. The van der Waals surface area contributed by atoms with E-state index in [1.807, 2.05) is 0 Å². The molecule has 1 amide bonds. The van der Waals surface area contributed by atoms with Gasteiger partial charge in [0.25, 0.3) is 5.91 Å². The highest BCUT2D eigenvalue weighted by molar-refractivity contribution is 7.89. The molecule has 1 aromatic carbocycles. The summed E-state index contributed by atoms with van der Waals surface area (Å²) in [6.45, 7) is 4.66. The fourth-order valence-corrected chi connectivity index (χ4v) is 4.61. The number of benzene rings is 1. The Hall–Kier alpha value is -2.78. The smallest absolute Gasteiger partial charge is 0.339 e. The number of aromatic nitrogens is 1. The first-order valence-electron chi connectivity index (χ1n) is 9.39. The molecule has 9 heteroatoms. The third-order valence-electron chi connectivity index (χ3n) is 4.63. The normalized spacial score (nSPS) is 14.6. The van der Waals surface area contributed by atoms with Gasteiger partial charge in [0.2, 0.25) is 10.0 Å². The first-order valence-corrected chi connectivity index (χ1v) is 10.8. The van der Waals surface area contributed by atoms with Crippen molar-refractivity contribution < 1.29 is 22.7 Å². The second kappa shape index (κ2) is 8.71. The number of carbonyl (C=O) groups excluding carboxylic acids is 2. The quantitative estimate of drug-likeness (QED) is 0.724. The van der Waals surface area contributed by atoms with E-state index in [0.29, 0.717) is 30.0 Å². The van der Waals surface area contributed by atoms with Gasteiger partial charge in [0.05, 0.1) is 22.8 Å². The van der Waals surface area contributed by atoms with Crippen LogP contribution in [0.25, 0.3) is 0 Å². The molecule has 3 rings (SSSR count). The lowest BCUT2D eigenvalue weighted by molar-refractivity contribution is 0.0524. The number of aryl methyl sites for hydroxylation is 1. The lowest BCUT2D eigenvalue weighted by Gasteiger charge is -2.15. The number of rotatable bonds is 6. The van der Waals surface area contributed by atoms with Crippen LogP contribution in [0.5, 0.6) is 0 Å². The summed E-state index contributed by atoms with van der Waals surface area (Å²) in [7, 11) is -3.49. The maximum atomic E-state index is 12.6. The minimum Gasteiger partial charge on any atom is -0.462 e. The Labute approximate surface area is 169 Å². The van der Waals surface area contributed by atoms with E-state index in [9.17, 15) is 18.0 Å². The van der Waals surface area contributed by atoms with E-state index in [4.69, 9.17) is 4.74 Å². The van der Waals surface area contributed by atoms with E-state index < -0.39 is 21.9 Å². The Morgan fingerprint density at radius 2 is 1.76 bits per heavy atom. The third-order valence-corrected chi connectivity index (χ3v) is 6.54. The molecule has 0 spiro atoms. The first kappa shape index (κ1) is 20.9. The van der Waals surface area contributed by atoms with Crippen molar-refractivity contribution >= 4 is 27.6 Å². The van der Waals surface area contributed by atoms with Crippen LogP contribution in [0, 0.1) is 6.92 Å². The molecule has 0 aliphatic carbocycles. The second-order valence-electron chi connectivity index (χ2n) is 6.64. The van der Waals surface area contributed by atoms with Crippen LogP contribution in [0.4, 0.5) is 5.69 Å². The highest BCUT2D eigenvalue weighted by Crippen LogP contribution is 2.22. The maximum Gasteiger partial charge on any atom is 0.339 e. The number of ether oxygens (including phenoxy) is 1. The summed E-state index contributed by atoms with van der Waals surface area (Å²) in [5, 5.41) is 2.68. The van der Waals surface area contributed by atoms with Crippen molar-refractivity contribution in [3.05, 3.63) is 53.3 Å². The van der Waals surface area contributed by atoms with Crippen molar-refractivity contribution in [1.82, 2.24) is 9.29 Å². The number of pyridine rings is 1. The van der Waals surface area contributed by atoms with Crippen LogP contribution >= 0.6 is 0 Å². The van der Waals surface area contributed by atoms with Crippen molar-refractivity contribution in [3.8, 4) is 0 Å². The SMILES string of the molecule is CCOC(=O)c1ccc(C(=O)Nc2ccc(S(=O)(=O)N3CCCC3)cc2)nc1C. The lowest BCUT2D eigenvalue weighted by atomic mass is 10.2. The molecule has 1 saturated heterocycles. The second-order valence-corrected chi connectivity index (χ2v) is 8.58. The molecule has 1 N–H and O–H groups in total. The summed E-state index contributed by atoms with van der Waals surface area (Å²) >= 11 is 0. The minimum absolute atomic E-state index is 0.143. The van der Waals surface area contributed by atoms with Gasteiger partial charge in [0.1, 0.15) is 5.69 Å². The monoisotopic (exact) mass is 417 g/mol. The minimum atomic E-state index is -3.49. The number of hydrogen-bond donors (Lipinski definition) is 1. The van der Waals surface area contributed by atoms with Crippen LogP contribution in [0.3, 0.4) is 0 Å². The molecule has 8 nitrogen and oxygen atoms in total. The number of anilines is 1. The molecule has 154 valence electrons. The summed E-state index contributed by atoms with van der Waals surface area (Å²) < 4.78 is 31.5. The van der Waals surface area contributed by atoms with Gasteiger partial charge in [-0.3, -0.25) is 4.79 Å². The lowest BCUT2D eigenvalue weighted by Crippen LogP contribution is -2.27. The molecule has 2 heterocycles. The molecule has 1 fully saturated rings. The number of nitrogens with zero attached hydrogens (tertiary/aromatic N) is 2. The van der Waals surface area contributed by atoms with Gasteiger partial charge in [-0.25, -0.2) is 18.2 Å². The molecule has 0 radical (unpaired) electrons. The zero-order valence-corrected chi connectivity index (χ0v) is 17.2. The van der Waals surface area contributed by atoms with Gasteiger partial charge in [-0.05, 0) is 63.1 Å². The van der Waals surface area contributed by atoms with Gasteiger partial charge >= 0.3 is 5.97 Å². The predicted molar refractivity (Wildman–Crippen MR) is 107 cm³/mol. The highest BCUT2D eigenvalue weighted by Gasteiger charge is 2.27. The largest absolute Gasteiger partial charge is 0.462 e. The molecule has 0 bridgehead atoms. The van der Waals surface area contributed by atoms with Crippen LogP contribution in [-0.4, -0.2) is 49.3 Å². The van der Waals surface area contributed by atoms with Crippen molar-refractivity contribution in [2.75, 3.05) is 25.0 Å². The van der Waals surface area contributed by atoms with Gasteiger partial charge in [0, 0.05) is 18.8 Å². The van der Waals surface area contributed by atoms with Crippen molar-refractivity contribution in [2.24, 2.45) is 0 Å². The summed E-state index contributed by atoms with van der Waals surface area (Å²) in [6, 6.07) is 8.99. The van der Waals surface area contributed by atoms with Gasteiger partial charge in [-0.15, -0.1) is 0 Å². The van der Waals surface area contributed by atoms with E-state index >= 15 is 0 Å². The molecule has 0 unspecified atom stereocenters. The van der Waals surface area contributed by atoms with Crippen molar-refractivity contribution in [1.29, 1.82) is 0 Å². The van der Waals surface area contributed by atoms with Crippen LogP contribution < -0.4 is 5.32 Å². The number of carbonyl (C=O) groups is 2. The van der Waals surface area contributed by atoms with E-state index in [-0.39, 0.29) is 17.2 Å². The van der Waals surface area contributed by atoms with Gasteiger partial charge in [-0.1, -0.05) is 0 Å². The Bertz CT molecular complexity index is 1010. The number of esters is 1. The van der Waals surface area contributed by atoms with E-state index in [2.05, 4.69) is 10.3 Å². The number of amides is 1. The average Bonchev–Trinajstić information content (AvgIpc) is 3.24. The maximum absolute atomic E-state index is 12.6. The van der Waals surface area contributed by atoms with Crippen LogP contribution in [0.1, 0.15) is 46.3 Å². The molecule has 0 atom stereocenters. The number of sulfonamides is 1. The average molecular weight is 417 g/mol. The Morgan fingerprint density at radius 3 is 2.34 bits per heavy atom. The Morgan fingerprint density at radius 1 is 1.10 bits per heavy atom. The summed E-state index contributed by atoms with van der Waals surface area (Å²) in [4.78, 5) is 28.6. The van der Waals surface area contributed by atoms with Gasteiger partial charge in [-0.2, -0.15) is 4.31 Å². The van der Waals surface area contributed by atoms with E-state index in [1.165, 1.54) is 28.6 Å². The van der Waals surface area contributed by atoms with E-state index in [0.717, 1.165) is 12.8 Å². The first-order chi connectivity index (χ1) is 13.8. The van der Waals surface area contributed by atoms with Crippen molar-refractivity contribution in [3.63, 3.8) is 0 Å². The molecule has 1 aromatic heterocycles. The van der Waals surface area contributed by atoms with Crippen LogP contribution in [0.2, 0.25) is 0 Å². The molecule has 2 aromatic rings. The molecular weight excluding hydrogens is 394 g/mol. The molecule has 1 aliphatic rings. The fourth-order valence-electron chi connectivity index (χ4n) is 3.10. The van der Waals surface area contributed by atoms with Gasteiger partial charge in [0.15, 0.2) is 0 Å². The molecule has 29 heavy (non-hydrogen) atoms.